The van der Waals surface area contributed by atoms with Crippen molar-refractivity contribution in [2.24, 2.45) is 5.73 Å². The minimum Gasteiger partial charge on any atom is -0.374 e. The van der Waals surface area contributed by atoms with Gasteiger partial charge in [0.25, 0.3) is 5.69 Å². The third kappa shape index (κ3) is 2.79. The van der Waals surface area contributed by atoms with Gasteiger partial charge in [-0.2, -0.15) is 0 Å². The lowest BCUT2D eigenvalue weighted by atomic mass is 10.1. The lowest BCUT2D eigenvalue weighted by molar-refractivity contribution is -0.384. The topological polar surface area (TPSA) is 127 Å². The Morgan fingerprint density at radius 2 is 2.26 bits per heavy atom. The zero-order chi connectivity index (χ0) is 14.0. The van der Waals surface area contributed by atoms with Crippen molar-refractivity contribution < 1.29 is 14.5 Å². The Kier molecular flexibility index (Phi) is 3.32. The van der Waals surface area contributed by atoms with Gasteiger partial charge in [-0.3, -0.25) is 19.7 Å². The number of primary amides is 1. The van der Waals surface area contributed by atoms with Gasteiger partial charge < -0.3 is 16.4 Å². The average molecular weight is 264 g/mol. The molecule has 19 heavy (non-hydrogen) atoms. The molecule has 1 heterocycles. The second kappa shape index (κ2) is 4.92. The predicted octanol–water partition coefficient (Wildman–Crippen LogP) is -0.00590. The van der Waals surface area contributed by atoms with E-state index in [1.165, 1.54) is 12.1 Å². The number of hydrogen-bond donors (Lipinski definition) is 3. The first-order valence-corrected chi connectivity index (χ1v) is 5.59. The highest BCUT2D eigenvalue weighted by atomic mass is 16.6. The molecule has 1 aromatic carbocycles. The van der Waals surface area contributed by atoms with Crippen LogP contribution >= 0.6 is 0 Å². The minimum absolute atomic E-state index is 0.0675. The number of carbonyl (C=O) groups excluding carboxylic acids is 2. The maximum absolute atomic E-state index is 11.1. The molecule has 8 nitrogen and oxygen atoms in total. The molecule has 1 saturated heterocycles. The number of anilines is 1. The van der Waals surface area contributed by atoms with Crippen LogP contribution in [0.2, 0.25) is 0 Å². The highest BCUT2D eigenvalue weighted by Gasteiger charge is 2.24. The molecule has 0 bridgehead atoms. The van der Waals surface area contributed by atoms with Crippen LogP contribution in [0.1, 0.15) is 16.8 Å². The minimum atomic E-state index is -0.729. The number of benzene rings is 1. The van der Waals surface area contributed by atoms with Crippen LogP contribution in [0.5, 0.6) is 0 Å². The molecule has 0 radical (unpaired) electrons. The fourth-order valence-corrected chi connectivity index (χ4v) is 1.89. The van der Waals surface area contributed by atoms with Gasteiger partial charge in [-0.25, -0.2) is 0 Å². The van der Waals surface area contributed by atoms with E-state index in [1.54, 1.807) is 0 Å². The summed E-state index contributed by atoms with van der Waals surface area (Å²) in [6.45, 7) is 0.410. The third-order valence-electron chi connectivity index (χ3n) is 2.82. The van der Waals surface area contributed by atoms with Crippen molar-refractivity contribution in [1.82, 2.24) is 5.32 Å². The van der Waals surface area contributed by atoms with Crippen LogP contribution < -0.4 is 16.4 Å². The van der Waals surface area contributed by atoms with Gasteiger partial charge in [-0.15, -0.1) is 0 Å². The Morgan fingerprint density at radius 1 is 1.53 bits per heavy atom. The zero-order valence-corrected chi connectivity index (χ0v) is 9.88. The molecule has 0 saturated carbocycles. The van der Waals surface area contributed by atoms with E-state index in [9.17, 15) is 19.7 Å². The van der Waals surface area contributed by atoms with E-state index in [-0.39, 0.29) is 35.3 Å². The molecular weight excluding hydrogens is 252 g/mol. The number of nitrogens with two attached hydrogens (primary N) is 1. The molecule has 8 heteroatoms. The first-order chi connectivity index (χ1) is 8.97. The van der Waals surface area contributed by atoms with Crippen LogP contribution in [-0.4, -0.2) is 29.3 Å². The SMILES string of the molecule is NC(=O)c1ccc(NC2CNC(=O)C2)c([N+](=O)[O-])c1. The average Bonchev–Trinajstić information content (AvgIpc) is 2.74. The molecule has 1 unspecified atom stereocenters. The summed E-state index contributed by atoms with van der Waals surface area (Å²) in [4.78, 5) is 32.4. The molecule has 2 rings (SSSR count). The fraction of sp³-hybridized carbons (Fsp3) is 0.273. The van der Waals surface area contributed by atoms with E-state index >= 15 is 0 Å². The Hall–Kier alpha value is -2.64. The van der Waals surface area contributed by atoms with Crippen LogP contribution in [0.4, 0.5) is 11.4 Å². The van der Waals surface area contributed by atoms with Crippen molar-refractivity contribution in [2.75, 3.05) is 11.9 Å². The van der Waals surface area contributed by atoms with Crippen LogP contribution in [0.3, 0.4) is 0 Å². The maximum Gasteiger partial charge on any atom is 0.293 e. The van der Waals surface area contributed by atoms with Gasteiger partial charge in [0.05, 0.1) is 11.0 Å². The molecule has 4 N–H and O–H groups in total. The Labute approximate surface area is 108 Å². The van der Waals surface area contributed by atoms with Crippen LogP contribution in [0.25, 0.3) is 0 Å². The molecule has 1 aliphatic rings. The third-order valence-corrected chi connectivity index (χ3v) is 2.82. The van der Waals surface area contributed by atoms with Crippen molar-refractivity contribution in [1.29, 1.82) is 0 Å². The normalized spacial score (nSPS) is 17.9. The van der Waals surface area contributed by atoms with Crippen molar-refractivity contribution in [3.63, 3.8) is 0 Å². The molecular formula is C11H12N4O4. The quantitative estimate of drug-likeness (QED) is 0.520. The maximum atomic E-state index is 11.1. The molecule has 0 aliphatic carbocycles. The summed E-state index contributed by atoms with van der Waals surface area (Å²) in [5, 5.41) is 16.5. The van der Waals surface area contributed by atoms with Crippen molar-refractivity contribution in [3.8, 4) is 0 Å². The second-order valence-electron chi connectivity index (χ2n) is 4.20. The van der Waals surface area contributed by atoms with Crippen molar-refractivity contribution in [2.45, 2.75) is 12.5 Å². The first-order valence-electron chi connectivity index (χ1n) is 5.59. The van der Waals surface area contributed by atoms with E-state index in [0.717, 1.165) is 6.07 Å². The lowest BCUT2D eigenvalue weighted by Gasteiger charge is -2.12. The number of nitro benzene ring substituents is 1. The van der Waals surface area contributed by atoms with Crippen LogP contribution in [-0.2, 0) is 4.79 Å². The summed E-state index contributed by atoms with van der Waals surface area (Å²) in [5.74, 6) is -0.832. The highest BCUT2D eigenvalue weighted by Crippen LogP contribution is 2.26. The van der Waals surface area contributed by atoms with Gasteiger partial charge in [0.15, 0.2) is 0 Å². The summed E-state index contributed by atoms with van der Waals surface area (Å²) < 4.78 is 0. The van der Waals surface area contributed by atoms with E-state index in [2.05, 4.69) is 10.6 Å². The number of rotatable bonds is 4. The number of carbonyl (C=O) groups is 2. The Morgan fingerprint density at radius 3 is 2.79 bits per heavy atom. The predicted molar refractivity (Wildman–Crippen MR) is 66.7 cm³/mol. The smallest absolute Gasteiger partial charge is 0.293 e. The Bertz CT molecular complexity index is 558. The van der Waals surface area contributed by atoms with E-state index in [0.29, 0.717) is 6.54 Å². The highest BCUT2D eigenvalue weighted by molar-refractivity contribution is 5.94. The first kappa shape index (κ1) is 12.8. The molecule has 100 valence electrons. The van der Waals surface area contributed by atoms with Crippen LogP contribution in [0.15, 0.2) is 18.2 Å². The molecule has 0 aromatic heterocycles. The second-order valence-corrected chi connectivity index (χ2v) is 4.20. The molecule has 1 fully saturated rings. The van der Waals surface area contributed by atoms with Gasteiger partial charge in [0, 0.05) is 24.6 Å². The Balaban J connectivity index is 2.26. The zero-order valence-electron chi connectivity index (χ0n) is 9.88. The largest absolute Gasteiger partial charge is 0.374 e. The van der Waals surface area contributed by atoms with Gasteiger partial charge in [0.1, 0.15) is 5.69 Å². The molecule has 1 aliphatic heterocycles. The van der Waals surface area contributed by atoms with Gasteiger partial charge >= 0.3 is 0 Å². The number of amides is 2. The van der Waals surface area contributed by atoms with Crippen molar-refractivity contribution in [3.05, 3.63) is 33.9 Å². The number of hydrogen-bond acceptors (Lipinski definition) is 5. The molecule has 2 amide bonds. The monoisotopic (exact) mass is 264 g/mol. The fourth-order valence-electron chi connectivity index (χ4n) is 1.89. The summed E-state index contributed by atoms with van der Waals surface area (Å²) in [6.07, 6.45) is 0.259. The summed E-state index contributed by atoms with van der Waals surface area (Å²) in [6, 6.07) is 3.74. The van der Waals surface area contributed by atoms with Gasteiger partial charge in [-0.05, 0) is 12.1 Å². The van der Waals surface area contributed by atoms with Crippen molar-refractivity contribution >= 4 is 23.2 Å². The summed E-state index contributed by atoms with van der Waals surface area (Å²) in [7, 11) is 0. The van der Waals surface area contributed by atoms with Crippen LogP contribution in [0, 0.1) is 10.1 Å². The van der Waals surface area contributed by atoms with Gasteiger partial charge in [0.2, 0.25) is 11.8 Å². The number of nitro groups is 1. The summed E-state index contributed by atoms with van der Waals surface area (Å²) in [5.41, 5.74) is 5.17. The number of nitrogens with one attached hydrogen (secondary N) is 2. The van der Waals surface area contributed by atoms with Gasteiger partial charge in [-0.1, -0.05) is 0 Å². The van der Waals surface area contributed by atoms with E-state index < -0.39 is 10.8 Å². The number of nitrogens with zero attached hydrogens (tertiary/aromatic N) is 1. The molecule has 0 spiro atoms. The standard InChI is InChI=1S/C11H12N4O4/c12-11(17)6-1-2-8(9(3-6)15(18)19)14-7-4-10(16)13-5-7/h1-3,7,14H,4-5H2,(H2,12,17)(H,13,16). The molecule has 1 atom stereocenters. The molecule has 1 aromatic rings. The lowest BCUT2D eigenvalue weighted by Crippen LogP contribution is -2.23. The van der Waals surface area contributed by atoms with E-state index in [4.69, 9.17) is 5.73 Å². The summed E-state index contributed by atoms with van der Waals surface area (Å²) >= 11 is 0. The van der Waals surface area contributed by atoms with E-state index in [1.807, 2.05) is 0 Å².